The molecule has 2 atom stereocenters. The Morgan fingerprint density at radius 3 is 2.67 bits per heavy atom. The Labute approximate surface area is 99.2 Å². The zero-order chi connectivity index (χ0) is 11.3. The van der Waals surface area contributed by atoms with Gasteiger partial charge in [-0.15, -0.1) is 0 Å². The minimum atomic E-state index is 0.680. The van der Waals surface area contributed by atoms with Crippen molar-refractivity contribution < 1.29 is 0 Å². The van der Waals surface area contributed by atoms with Crippen LogP contribution in [0.4, 0.5) is 0 Å². The molecule has 0 aromatic carbocycles. The van der Waals surface area contributed by atoms with E-state index in [2.05, 4.69) is 49.7 Å². The molecule has 0 saturated carbocycles. The quantitative estimate of drug-likeness (QED) is 0.778. The maximum absolute atomic E-state index is 3.55. The van der Waals surface area contributed by atoms with Crippen molar-refractivity contribution in [3.8, 4) is 0 Å². The highest BCUT2D eigenvalue weighted by atomic mass is 32.2. The van der Waals surface area contributed by atoms with Crippen molar-refractivity contribution in [1.29, 1.82) is 0 Å². The number of nitrogens with zero attached hydrogens (tertiary/aromatic N) is 1. The predicted octanol–water partition coefficient (Wildman–Crippen LogP) is 2.06. The second-order valence-electron chi connectivity index (χ2n) is 5.06. The molecule has 1 saturated heterocycles. The highest BCUT2D eigenvalue weighted by Gasteiger charge is 2.22. The Hall–Kier alpha value is 0.270. The third-order valence-corrected chi connectivity index (χ3v) is 4.17. The molecule has 0 aromatic rings. The number of thioether (sulfide) groups is 1. The van der Waals surface area contributed by atoms with Crippen LogP contribution in [0.5, 0.6) is 0 Å². The molecule has 0 amide bonds. The summed E-state index contributed by atoms with van der Waals surface area (Å²) in [6, 6.07) is 1.43. The van der Waals surface area contributed by atoms with Gasteiger partial charge in [-0.25, -0.2) is 0 Å². The van der Waals surface area contributed by atoms with Crippen molar-refractivity contribution >= 4 is 11.8 Å². The molecule has 1 rings (SSSR count). The van der Waals surface area contributed by atoms with Crippen molar-refractivity contribution in [1.82, 2.24) is 10.2 Å². The van der Waals surface area contributed by atoms with Crippen LogP contribution in [0.15, 0.2) is 0 Å². The molecule has 2 nitrogen and oxygen atoms in total. The van der Waals surface area contributed by atoms with Gasteiger partial charge in [-0.2, -0.15) is 11.8 Å². The molecule has 1 heterocycles. The zero-order valence-electron chi connectivity index (χ0n) is 10.6. The monoisotopic (exact) mass is 230 g/mol. The SMILES string of the molecule is CC(C)CNCC(C)N1CCSCC1C. The van der Waals surface area contributed by atoms with Crippen molar-refractivity contribution in [3.63, 3.8) is 0 Å². The van der Waals surface area contributed by atoms with Crippen LogP contribution in [0.3, 0.4) is 0 Å². The molecule has 0 radical (unpaired) electrons. The molecular formula is C12H26N2S. The summed E-state index contributed by atoms with van der Waals surface area (Å²) in [6.45, 7) is 12.8. The molecule has 3 heteroatoms. The Bertz CT molecular complexity index is 173. The Kier molecular flexibility index (Phi) is 6.02. The first kappa shape index (κ1) is 13.3. The van der Waals surface area contributed by atoms with E-state index < -0.39 is 0 Å². The lowest BCUT2D eigenvalue weighted by atomic mass is 10.2. The maximum atomic E-state index is 3.55. The molecule has 1 N–H and O–H groups in total. The van der Waals surface area contributed by atoms with Crippen LogP contribution in [0.1, 0.15) is 27.7 Å². The van der Waals surface area contributed by atoms with Crippen LogP contribution >= 0.6 is 11.8 Å². The minimum Gasteiger partial charge on any atom is -0.315 e. The summed E-state index contributed by atoms with van der Waals surface area (Å²) in [4.78, 5) is 2.64. The fourth-order valence-corrected chi connectivity index (χ4v) is 3.13. The smallest absolute Gasteiger partial charge is 0.0195 e. The number of hydrogen-bond acceptors (Lipinski definition) is 3. The molecular weight excluding hydrogens is 204 g/mol. The zero-order valence-corrected chi connectivity index (χ0v) is 11.4. The first-order valence-corrected chi connectivity index (χ1v) is 7.31. The lowest BCUT2D eigenvalue weighted by Crippen LogP contribution is -2.49. The highest BCUT2D eigenvalue weighted by molar-refractivity contribution is 7.99. The summed E-state index contributed by atoms with van der Waals surface area (Å²) >= 11 is 2.09. The van der Waals surface area contributed by atoms with Crippen LogP contribution < -0.4 is 5.32 Å². The van der Waals surface area contributed by atoms with Crippen LogP contribution in [-0.4, -0.2) is 48.1 Å². The van der Waals surface area contributed by atoms with Gasteiger partial charge in [-0.1, -0.05) is 13.8 Å². The summed E-state index contributed by atoms with van der Waals surface area (Å²) in [5, 5.41) is 3.55. The number of hydrogen-bond donors (Lipinski definition) is 1. The fraction of sp³-hybridized carbons (Fsp3) is 1.00. The Morgan fingerprint density at radius 2 is 2.07 bits per heavy atom. The van der Waals surface area contributed by atoms with Gasteiger partial charge in [0, 0.05) is 36.7 Å². The van der Waals surface area contributed by atoms with Gasteiger partial charge < -0.3 is 5.32 Å². The van der Waals surface area contributed by atoms with E-state index in [0.29, 0.717) is 6.04 Å². The van der Waals surface area contributed by atoms with Gasteiger partial charge in [0.1, 0.15) is 0 Å². The standard InChI is InChI=1S/C12H26N2S/c1-10(2)7-13-8-11(3)14-5-6-15-9-12(14)4/h10-13H,5-9H2,1-4H3. The second-order valence-corrected chi connectivity index (χ2v) is 6.21. The van der Waals surface area contributed by atoms with Crippen LogP contribution in [0.2, 0.25) is 0 Å². The van der Waals surface area contributed by atoms with Gasteiger partial charge in [0.15, 0.2) is 0 Å². The van der Waals surface area contributed by atoms with Gasteiger partial charge >= 0.3 is 0 Å². The maximum Gasteiger partial charge on any atom is 0.0195 e. The molecule has 2 unspecified atom stereocenters. The second kappa shape index (κ2) is 6.77. The topological polar surface area (TPSA) is 15.3 Å². The van der Waals surface area contributed by atoms with Crippen LogP contribution in [-0.2, 0) is 0 Å². The van der Waals surface area contributed by atoms with Gasteiger partial charge in [0.25, 0.3) is 0 Å². The van der Waals surface area contributed by atoms with Crippen LogP contribution in [0, 0.1) is 5.92 Å². The lowest BCUT2D eigenvalue weighted by molar-refractivity contribution is 0.169. The van der Waals surface area contributed by atoms with E-state index in [1.54, 1.807) is 0 Å². The molecule has 90 valence electrons. The number of nitrogens with one attached hydrogen (secondary N) is 1. The summed E-state index contributed by atoms with van der Waals surface area (Å²) in [5.74, 6) is 3.36. The molecule has 1 aliphatic rings. The van der Waals surface area contributed by atoms with Crippen molar-refractivity contribution in [3.05, 3.63) is 0 Å². The van der Waals surface area contributed by atoms with E-state index in [-0.39, 0.29) is 0 Å². The van der Waals surface area contributed by atoms with Crippen LogP contribution in [0.25, 0.3) is 0 Å². The first-order chi connectivity index (χ1) is 7.11. The van der Waals surface area contributed by atoms with Crippen molar-refractivity contribution in [2.75, 3.05) is 31.1 Å². The van der Waals surface area contributed by atoms with Crippen molar-refractivity contribution in [2.45, 2.75) is 39.8 Å². The van der Waals surface area contributed by atoms with Gasteiger partial charge in [0.2, 0.25) is 0 Å². The molecule has 0 bridgehead atoms. The van der Waals surface area contributed by atoms with E-state index in [1.807, 2.05) is 0 Å². The first-order valence-electron chi connectivity index (χ1n) is 6.15. The third kappa shape index (κ3) is 4.75. The van der Waals surface area contributed by atoms with Gasteiger partial charge in [0.05, 0.1) is 0 Å². The fourth-order valence-electron chi connectivity index (χ4n) is 2.09. The summed E-state index contributed by atoms with van der Waals surface area (Å²) in [6.07, 6.45) is 0. The van der Waals surface area contributed by atoms with E-state index in [4.69, 9.17) is 0 Å². The average molecular weight is 230 g/mol. The Balaban J connectivity index is 2.22. The molecule has 0 aliphatic carbocycles. The molecule has 1 aliphatic heterocycles. The Morgan fingerprint density at radius 1 is 1.33 bits per heavy atom. The van der Waals surface area contributed by atoms with Gasteiger partial charge in [-0.3, -0.25) is 4.90 Å². The largest absolute Gasteiger partial charge is 0.315 e. The average Bonchev–Trinajstić information content (AvgIpc) is 2.17. The third-order valence-electron chi connectivity index (χ3n) is 2.98. The molecule has 15 heavy (non-hydrogen) atoms. The summed E-state index contributed by atoms with van der Waals surface area (Å²) < 4.78 is 0. The normalized spacial score (nSPS) is 25.8. The van der Waals surface area contributed by atoms with E-state index in [1.165, 1.54) is 18.1 Å². The number of rotatable bonds is 5. The summed E-state index contributed by atoms with van der Waals surface area (Å²) in [5.41, 5.74) is 0. The minimum absolute atomic E-state index is 0.680. The predicted molar refractivity (Wildman–Crippen MR) is 70.7 cm³/mol. The van der Waals surface area contributed by atoms with E-state index in [9.17, 15) is 0 Å². The van der Waals surface area contributed by atoms with E-state index >= 15 is 0 Å². The molecule has 0 spiro atoms. The van der Waals surface area contributed by atoms with Crippen molar-refractivity contribution in [2.24, 2.45) is 5.92 Å². The van der Waals surface area contributed by atoms with E-state index in [0.717, 1.165) is 25.0 Å². The lowest BCUT2D eigenvalue weighted by Gasteiger charge is -2.38. The highest BCUT2D eigenvalue weighted by Crippen LogP contribution is 2.18. The van der Waals surface area contributed by atoms with Gasteiger partial charge in [-0.05, 0) is 26.3 Å². The summed E-state index contributed by atoms with van der Waals surface area (Å²) in [7, 11) is 0. The molecule has 0 aromatic heterocycles. The molecule has 1 fully saturated rings.